The highest BCUT2D eigenvalue weighted by Crippen LogP contribution is 2.25. The van der Waals surface area contributed by atoms with Gasteiger partial charge in [-0.25, -0.2) is 0 Å². The highest BCUT2D eigenvalue weighted by Gasteiger charge is 2.37. The Morgan fingerprint density at radius 2 is 1.89 bits per heavy atom. The molecule has 0 spiro atoms. The second-order valence-corrected chi connectivity index (χ2v) is 5.67. The predicted octanol–water partition coefficient (Wildman–Crippen LogP) is 2.22. The van der Waals surface area contributed by atoms with Gasteiger partial charge in [0.05, 0.1) is 5.54 Å². The Kier molecular flexibility index (Phi) is 6.42. The second-order valence-electron chi connectivity index (χ2n) is 4.81. The minimum absolute atomic E-state index is 0.370. The van der Waals surface area contributed by atoms with Crippen molar-refractivity contribution in [3.63, 3.8) is 0 Å². The maximum absolute atomic E-state index is 5.94. The monoisotopic (exact) mass is 330 g/mol. The molecule has 0 aromatic heterocycles. The maximum atomic E-state index is 5.94. The van der Waals surface area contributed by atoms with Gasteiger partial charge in [0.25, 0.3) is 0 Å². The molecule has 108 valence electrons. The van der Waals surface area contributed by atoms with Crippen LogP contribution in [-0.2, 0) is 16.0 Å². The molecule has 0 aliphatic rings. The van der Waals surface area contributed by atoms with Crippen molar-refractivity contribution in [2.24, 2.45) is 5.73 Å². The summed E-state index contributed by atoms with van der Waals surface area (Å²) < 4.78 is 11.9. The molecule has 0 bridgehead atoms. The van der Waals surface area contributed by atoms with Gasteiger partial charge < -0.3 is 15.2 Å². The van der Waals surface area contributed by atoms with Gasteiger partial charge in [0, 0.05) is 31.8 Å². The molecule has 0 aliphatic heterocycles. The van der Waals surface area contributed by atoms with Crippen LogP contribution >= 0.6 is 15.9 Å². The third-order valence-corrected chi connectivity index (χ3v) is 4.36. The van der Waals surface area contributed by atoms with Gasteiger partial charge in [0.1, 0.15) is 0 Å². The van der Waals surface area contributed by atoms with Crippen LogP contribution in [0.5, 0.6) is 0 Å². The number of methoxy groups -OCH3 is 2. The van der Waals surface area contributed by atoms with Crippen LogP contribution < -0.4 is 5.73 Å². The predicted molar refractivity (Wildman–Crippen MR) is 80.9 cm³/mol. The normalized spacial score (nSPS) is 14.9. The molecule has 5 heteroatoms. The number of halogens is 1. The van der Waals surface area contributed by atoms with Crippen molar-refractivity contribution in [1.82, 2.24) is 4.90 Å². The zero-order chi connectivity index (χ0) is 14.5. The Labute approximate surface area is 124 Å². The summed E-state index contributed by atoms with van der Waals surface area (Å²) in [5, 5.41) is 0. The molecule has 1 unspecified atom stereocenters. The third-order valence-electron chi connectivity index (χ3n) is 3.59. The third kappa shape index (κ3) is 3.77. The van der Waals surface area contributed by atoms with Crippen LogP contribution in [0.25, 0.3) is 0 Å². The summed E-state index contributed by atoms with van der Waals surface area (Å²) in [6.45, 7) is 3.25. The van der Waals surface area contributed by atoms with Gasteiger partial charge in [-0.05, 0) is 25.6 Å². The van der Waals surface area contributed by atoms with Gasteiger partial charge in [-0.15, -0.1) is 0 Å². The highest BCUT2D eigenvalue weighted by atomic mass is 79.9. The molecule has 1 aromatic carbocycles. The first-order chi connectivity index (χ1) is 8.99. The zero-order valence-corrected chi connectivity index (χ0v) is 13.6. The molecular formula is C14H23BrN2O2. The number of nitrogens with zero attached hydrogens (tertiary/aromatic N) is 1. The Bertz CT molecular complexity index is 399. The molecule has 0 saturated carbocycles. The fraction of sp³-hybridized carbons (Fsp3) is 0.571. The first-order valence-electron chi connectivity index (χ1n) is 6.20. The van der Waals surface area contributed by atoms with E-state index in [4.69, 9.17) is 15.2 Å². The number of hydrogen-bond acceptors (Lipinski definition) is 4. The first-order valence-corrected chi connectivity index (χ1v) is 6.99. The number of likely N-dealkylation sites (N-methyl/N-ethyl adjacent to an activating group) is 1. The minimum Gasteiger partial charge on any atom is -0.354 e. The van der Waals surface area contributed by atoms with E-state index in [1.165, 1.54) is 5.56 Å². The lowest BCUT2D eigenvalue weighted by Crippen LogP contribution is -2.58. The van der Waals surface area contributed by atoms with Crippen molar-refractivity contribution in [3.05, 3.63) is 34.3 Å². The molecule has 0 heterocycles. The summed E-state index contributed by atoms with van der Waals surface area (Å²) >= 11 is 3.56. The number of rotatable bonds is 7. The van der Waals surface area contributed by atoms with Gasteiger partial charge in [-0.2, -0.15) is 0 Å². The summed E-state index contributed by atoms with van der Waals surface area (Å²) in [7, 11) is 5.29. The highest BCUT2D eigenvalue weighted by molar-refractivity contribution is 9.10. The van der Waals surface area contributed by atoms with Gasteiger partial charge in [-0.1, -0.05) is 34.1 Å². The largest absolute Gasteiger partial charge is 0.354 e. The Morgan fingerprint density at radius 1 is 1.32 bits per heavy atom. The van der Waals surface area contributed by atoms with E-state index in [2.05, 4.69) is 26.9 Å². The van der Waals surface area contributed by atoms with Crippen molar-refractivity contribution in [1.29, 1.82) is 0 Å². The van der Waals surface area contributed by atoms with Crippen LogP contribution in [0.15, 0.2) is 28.7 Å². The van der Waals surface area contributed by atoms with Crippen molar-refractivity contribution in [3.8, 4) is 0 Å². The molecule has 1 rings (SSSR count). The van der Waals surface area contributed by atoms with Crippen LogP contribution in [0.4, 0.5) is 0 Å². The lowest BCUT2D eigenvalue weighted by atomic mass is 9.98. The van der Waals surface area contributed by atoms with E-state index < -0.39 is 5.54 Å². The molecule has 0 amide bonds. The first kappa shape index (κ1) is 16.6. The van der Waals surface area contributed by atoms with Gasteiger partial charge >= 0.3 is 0 Å². The zero-order valence-electron chi connectivity index (χ0n) is 12.0. The van der Waals surface area contributed by atoms with E-state index in [0.29, 0.717) is 6.54 Å². The molecule has 19 heavy (non-hydrogen) atoms. The Morgan fingerprint density at radius 3 is 2.37 bits per heavy atom. The topological polar surface area (TPSA) is 47.7 Å². The quantitative estimate of drug-likeness (QED) is 0.779. The fourth-order valence-corrected chi connectivity index (χ4v) is 2.51. The summed E-state index contributed by atoms with van der Waals surface area (Å²) in [6.07, 6.45) is -0.370. The molecule has 1 aromatic rings. The van der Waals surface area contributed by atoms with Crippen molar-refractivity contribution < 1.29 is 9.47 Å². The van der Waals surface area contributed by atoms with Crippen molar-refractivity contribution in [2.75, 3.05) is 27.8 Å². The minimum atomic E-state index is -0.390. The Hall–Kier alpha value is -0.460. The fourth-order valence-electron chi connectivity index (χ4n) is 2.10. The van der Waals surface area contributed by atoms with Gasteiger partial charge in [0.15, 0.2) is 6.29 Å². The van der Waals surface area contributed by atoms with E-state index in [1.807, 2.05) is 32.2 Å². The summed E-state index contributed by atoms with van der Waals surface area (Å²) in [5.41, 5.74) is 6.75. The average Bonchev–Trinajstić information content (AvgIpc) is 2.42. The van der Waals surface area contributed by atoms with E-state index in [0.717, 1.165) is 11.0 Å². The Balaban J connectivity index is 2.90. The molecule has 0 radical (unpaired) electrons. The van der Waals surface area contributed by atoms with Crippen molar-refractivity contribution >= 4 is 15.9 Å². The molecule has 2 N–H and O–H groups in total. The second kappa shape index (κ2) is 7.36. The summed E-state index contributed by atoms with van der Waals surface area (Å²) in [6, 6.07) is 8.15. The van der Waals surface area contributed by atoms with Gasteiger partial charge in [0.2, 0.25) is 0 Å². The lowest BCUT2D eigenvalue weighted by Gasteiger charge is -2.42. The smallest absolute Gasteiger partial charge is 0.176 e. The number of hydrogen-bond donors (Lipinski definition) is 1. The van der Waals surface area contributed by atoms with E-state index in [-0.39, 0.29) is 6.29 Å². The van der Waals surface area contributed by atoms with Crippen LogP contribution in [0.2, 0.25) is 0 Å². The number of nitrogens with two attached hydrogens (primary N) is 1. The molecule has 0 saturated heterocycles. The lowest BCUT2D eigenvalue weighted by molar-refractivity contribution is -0.178. The molecular weight excluding hydrogens is 308 g/mol. The van der Waals surface area contributed by atoms with E-state index >= 15 is 0 Å². The van der Waals surface area contributed by atoms with E-state index in [1.54, 1.807) is 14.2 Å². The summed E-state index contributed by atoms with van der Waals surface area (Å²) in [4.78, 5) is 2.16. The van der Waals surface area contributed by atoms with Crippen molar-refractivity contribution in [2.45, 2.75) is 25.3 Å². The van der Waals surface area contributed by atoms with Crippen LogP contribution in [0.1, 0.15) is 12.5 Å². The average molecular weight is 331 g/mol. The van der Waals surface area contributed by atoms with E-state index in [9.17, 15) is 0 Å². The standard InChI is InChI=1S/C14H23BrN2O2/c1-14(10-16,13(18-3)19-4)17(2)9-11-7-5-6-8-12(11)15/h5-8,13H,9-10,16H2,1-4H3. The number of benzene rings is 1. The summed E-state index contributed by atoms with van der Waals surface area (Å²) in [5.74, 6) is 0. The number of ether oxygens (including phenoxy) is 2. The molecule has 4 nitrogen and oxygen atoms in total. The SMILES string of the molecule is COC(OC)C(C)(CN)N(C)Cc1ccccc1Br. The molecule has 0 aliphatic carbocycles. The van der Waals surface area contributed by atoms with Crippen LogP contribution in [-0.4, -0.2) is 44.5 Å². The van der Waals surface area contributed by atoms with Gasteiger partial charge in [-0.3, -0.25) is 4.90 Å². The maximum Gasteiger partial charge on any atom is 0.176 e. The molecule has 1 atom stereocenters. The van der Waals surface area contributed by atoms with Crippen LogP contribution in [0.3, 0.4) is 0 Å². The molecule has 0 fully saturated rings. The van der Waals surface area contributed by atoms with Crippen LogP contribution in [0, 0.1) is 0 Å².